The maximum atomic E-state index is 13.0. The molecule has 0 bridgehead atoms. The fraction of sp³-hybridized carbons (Fsp3) is 0.510. The Morgan fingerprint density at radius 1 is 0.551 bits per heavy atom. The van der Waals surface area contributed by atoms with Gasteiger partial charge >= 0.3 is 6.03 Å². The molecule has 2 aromatic heterocycles. The number of likely N-dealkylation sites (tertiary alicyclic amines) is 2. The molecule has 2 unspecified atom stereocenters. The molecule has 2 aromatic carbocycles. The number of benzene rings is 2. The van der Waals surface area contributed by atoms with E-state index in [0.717, 1.165) is 143 Å². The van der Waals surface area contributed by atoms with Crippen molar-refractivity contribution in [1.82, 2.24) is 39.8 Å². The summed E-state index contributed by atoms with van der Waals surface area (Å²) in [5.74, 6) is 1.33. The van der Waals surface area contributed by atoms with Gasteiger partial charge in [0.1, 0.15) is 0 Å². The Bertz CT molecular complexity index is 2540. The predicted octanol–water partition coefficient (Wildman–Crippen LogP) is 9.75. The molecule has 2 aliphatic carbocycles. The summed E-state index contributed by atoms with van der Waals surface area (Å²) in [6.07, 6.45) is 12.8. The van der Waals surface area contributed by atoms with Crippen LogP contribution in [0, 0.1) is 11.8 Å². The summed E-state index contributed by atoms with van der Waals surface area (Å²) in [7, 11) is 0. The average Bonchev–Trinajstić information content (AvgIpc) is 3.60. The first-order chi connectivity index (χ1) is 33.3. The van der Waals surface area contributed by atoms with Gasteiger partial charge in [-0.1, -0.05) is 55.1 Å². The van der Waals surface area contributed by atoms with Crippen molar-refractivity contribution < 1.29 is 14.4 Å². The van der Waals surface area contributed by atoms with Crippen LogP contribution in [0.5, 0.6) is 0 Å². The van der Waals surface area contributed by atoms with Crippen LogP contribution in [-0.4, -0.2) is 131 Å². The van der Waals surface area contributed by atoms with Crippen molar-refractivity contribution >= 4 is 105 Å². The van der Waals surface area contributed by atoms with Crippen LogP contribution in [0.3, 0.4) is 0 Å². The lowest BCUT2D eigenvalue weighted by atomic mass is 9.89. The number of carbonyl (C=O) groups excluding carboxylic acids is 3. The highest BCUT2D eigenvalue weighted by atomic mass is 79.9. The molecule has 4 saturated heterocycles. The van der Waals surface area contributed by atoms with E-state index in [1.165, 1.54) is 33.4 Å². The molecule has 4 aromatic rings. The number of hydrogen-bond donors (Lipinski definition) is 2. The SMILES string of the molecule is NC(=O)N1CCN(C(=O)CC2CCN(C3c4ncc(Br)cc4CCc4cc(Cl)cc(Br)c43)CC2)CC1.O=C(CC1CCN(C2c3ncc(Br)cc3CCc3cc(Cl)cc(Br)c32)CC1)N1CCNCC1. The highest BCUT2D eigenvalue weighted by molar-refractivity contribution is 9.11. The van der Waals surface area contributed by atoms with Crippen molar-refractivity contribution in [2.45, 2.75) is 76.3 Å². The third-order valence-corrected chi connectivity index (χ3v) is 17.7. The van der Waals surface area contributed by atoms with E-state index in [1.807, 2.05) is 34.3 Å². The number of halogens is 6. The number of piperidine rings is 2. The van der Waals surface area contributed by atoms with Crippen molar-refractivity contribution in [3.63, 3.8) is 0 Å². The number of piperazine rings is 2. The number of fused-ring (bicyclic) bond motifs is 4. The lowest BCUT2D eigenvalue weighted by Crippen LogP contribution is -2.52. The summed E-state index contributed by atoms with van der Waals surface area (Å²) in [5, 5.41) is 4.84. The minimum atomic E-state index is -0.410. The topological polar surface area (TPSA) is 131 Å². The molecule has 18 heteroatoms. The number of carbonyl (C=O) groups is 3. The van der Waals surface area contributed by atoms with Gasteiger partial charge in [0.05, 0.1) is 23.5 Å². The monoisotopic (exact) mass is 1230 g/mol. The van der Waals surface area contributed by atoms with E-state index in [-0.39, 0.29) is 18.0 Å². The van der Waals surface area contributed by atoms with Crippen LogP contribution in [0.15, 0.2) is 66.7 Å². The van der Waals surface area contributed by atoms with E-state index >= 15 is 0 Å². The molecule has 12 nitrogen and oxygen atoms in total. The number of hydrogen-bond acceptors (Lipinski definition) is 8. The average molecular weight is 1240 g/mol. The minimum Gasteiger partial charge on any atom is -0.351 e. The normalized spacial score (nSPS) is 21.4. The Morgan fingerprint density at radius 2 is 0.942 bits per heavy atom. The molecular weight excluding hydrogens is 1180 g/mol. The van der Waals surface area contributed by atoms with Crippen molar-refractivity contribution in [1.29, 1.82) is 0 Å². The van der Waals surface area contributed by atoms with Gasteiger partial charge in [0.25, 0.3) is 0 Å². The second-order valence-electron chi connectivity index (χ2n) is 19.3. The van der Waals surface area contributed by atoms with Crippen molar-refractivity contribution in [2.24, 2.45) is 17.6 Å². The zero-order valence-electron chi connectivity index (χ0n) is 38.7. The number of nitrogens with one attached hydrogen (secondary N) is 1. The van der Waals surface area contributed by atoms with Crippen LogP contribution in [0.1, 0.15) is 95.4 Å². The first-order valence-electron chi connectivity index (χ1n) is 24.3. The van der Waals surface area contributed by atoms with Gasteiger partial charge in [-0.3, -0.25) is 29.4 Å². The van der Waals surface area contributed by atoms with Gasteiger partial charge in [0.2, 0.25) is 11.8 Å². The molecular formula is C51H59Br4Cl2N9O3. The fourth-order valence-electron chi connectivity index (χ4n) is 11.4. The summed E-state index contributed by atoms with van der Waals surface area (Å²) in [5.41, 5.74) is 15.3. The second kappa shape index (κ2) is 23.0. The Hall–Kier alpha value is -2.67. The first kappa shape index (κ1) is 51.2. The van der Waals surface area contributed by atoms with Crippen LogP contribution in [0.2, 0.25) is 10.0 Å². The number of aromatic nitrogens is 2. The maximum absolute atomic E-state index is 13.0. The third-order valence-electron chi connectivity index (χ3n) is 15.1. The highest BCUT2D eigenvalue weighted by Crippen LogP contribution is 2.45. The molecule has 4 aliphatic heterocycles. The Balaban J connectivity index is 0.000000172. The van der Waals surface area contributed by atoms with Gasteiger partial charge in [-0.2, -0.15) is 0 Å². The standard InChI is InChI=1S/C26H30Br2ClN5O2.C25H29Br2ClN4O/c27-19-12-18-2-1-17-13-20(29)14-21(28)23(17)25(24(18)31-15-19)33-5-3-16(4-6-33)11-22(35)32-7-9-34(10-8-32)26(30)36;26-19-12-18-2-1-17-13-20(28)14-21(27)23(17)25(24(18)30-15-19)32-7-3-16(4-8-32)11-22(33)31-9-5-29-6-10-31/h12-16,25H,1-11H2,(H2,30,36);12-16,25,29H,1-11H2. The van der Waals surface area contributed by atoms with Crippen molar-refractivity contribution in [2.75, 3.05) is 78.5 Å². The van der Waals surface area contributed by atoms with Gasteiger partial charge in [-0.25, -0.2) is 4.79 Å². The molecule has 0 spiro atoms. The second-order valence-corrected chi connectivity index (χ2v) is 23.7. The Kier molecular flexibility index (Phi) is 17.1. The van der Waals surface area contributed by atoms with E-state index in [1.54, 1.807) is 4.90 Å². The number of pyridine rings is 2. The van der Waals surface area contributed by atoms with E-state index in [9.17, 15) is 14.4 Å². The Morgan fingerprint density at radius 3 is 1.36 bits per heavy atom. The zero-order chi connectivity index (χ0) is 48.3. The number of urea groups is 1. The number of primary amides is 1. The van der Waals surface area contributed by atoms with Gasteiger partial charge in [0, 0.05) is 106 Å². The summed E-state index contributed by atoms with van der Waals surface area (Å²) < 4.78 is 4.11. The van der Waals surface area contributed by atoms with E-state index in [2.05, 4.69) is 103 Å². The largest absolute Gasteiger partial charge is 0.351 e. The number of rotatable bonds is 6. The van der Waals surface area contributed by atoms with Crippen LogP contribution < -0.4 is 11.1 Å². The smallest absolute Gasteiger partial charge is 0.314 e. The molecule has 69 heavy (non-hydrogen) atoms. The molecule has 0 saturated carbocycles. The highest BCUT2D eigenvalue weighted by Gasteiger charge is 2.37. The molecule has 4 amide bonds. The maximum Gasteiger partial charge on any atom is 0.314 e. The Labute approximate surface area is 449 Å². The number of amides is 4. The summed E-state index contributed by atoms with van der Waals surface area (Å²) in [4.78, 5) is 57.5. The summed E-state index contributed by atoms with van der Waals surface area (Å²) in [6, 6.07) is 12.4. The fourth-order valence-corrected chi connectivity index (χ4v) is 14.3. The van der Waals surface area contributed by atoms with Crippen molar-refractivity contribution in [3.05, 3.63) is 121 Å². The molecule has 0 radical (unpaired) electrons. The molecule has 4 fully saturated rings. The van der Waals surface area contributed by atoms with E-state index < -0.39 is 6.03 Å². The first-order valence-corrected chi connectivity index (χ1v) is 28.3. The van der Waals surface area contributed by atoms with Gasteiger partial charge in [-0.05, 0) is 191 Å². The number of nitrogens with two attached hydrogens (primary N) is 1. The molecule has 368 valence electrons. The number of nitrogens with zero attached hydrogens (tertiary/aromatic N) is 7. The van der Waals surface area contributed by atoms with Crippen LogP contribution in [0.4, 0.5) is 4.79 Å². The summed E-state index contributed by atoms with van der Waals surface area (Å²) >= 11 is 27.7. The molecule has 2 atom stereocenters. The quantitative estimate of drug-likeness (QED) is 0.195. The molecule has 6 heterocycles. The number of aryl methyl sites for hydroxylation is 4. The van der Waals surface area contributed by atoms with Crippen LogP contribution in [-0.2, 0) is 35.3 Å². The van der Waals surface area contributed by atoms with Gasteiger partial charge < -0.3 is 25.8 Å². The molecule has 6 aliphatic rings. The molecule has 3 N–H and O–H groups in total. The molecule has 10 rings (SSSR count). The third kappa shape index (κ3) is 12.1. The van der Waals surface area contributed by atoms with Crippen LogP contribution in [0.25, 0.3) is 0 Å². The van der Waals surface area contributed by atoms with E-state index in [4.69, 9.17) is 38.9 Å². The lowest BCUT2D eigenvalue weighted by molar-refractivity contribution is -0.134. The van der Waals surface area contributed by atoms with Crippen molar-refractivity contribution in [3.8, 4) is 0 Å². The zero-order valence-corrected chi connectivity index (χ0v) is 46.5. The lowest BCUT2D eigenvalue weighted by Gasteiger charge is -2.39. The van der Waals surface area contributed by atoms with E-state index in [0.29, 0.717) is 56.8 Å². The van der Waals surface area contributed by atoms with Crippen LogP contribution >= 0.6 is 86.9 Å². The van der Waals surface area contributed by atoms with Gasteiger partial charge in [0.15, 0.2) is 0 Å². The minimum absolute atomic E-state index is 0.0516. The summed E-state index contributed by atoms with van der Waals surface area (Å²) in [6.45, 7) is 9.40. The predicted molar refractivity (Wildman–Crippen MR) is 286 cm³/mol. The van der Waals surface area contributed by atoms with Gasteiger partial charge in [-0.15, -0.1) is 0 Å².